The number of halogens is 3. The van der Waals surface area contributed by atoms with Gasteiger partial charge in [-0.2, -0.15) is 13.2 Å². The van der Waals surface area contributed by atoms with E-state index in [1.165, 1.54) is 12.1 Å². The van der Waals surface area contributed by atoms with Crippen molar-refractivity contribution in [2.45, 2.75) is 30.8 Å². The Morgan fingerprint density at radius 2 is 2.12 bits per heavy atom. The standard InChI is InChI=1S/C16H17F3N2O4S/c1-2-25-15(24)11-8-26-12(14(23)21-11)7-13(22)20-10-5-3-4-9(6-10)16(17,18)19/h3-6,11-12H,2,7-8H2,1H3,(H,20,22)(H,21,23)/t11-,12+/m1/s1. The van der Waals surface area contributed by atoms with Gasteiger partial charge in [-0.05, 0) is 25.1 Å². The molecule has 1 aliphatic rings. The highest BCUT2D eigenvalue weighted by molar-refractivity contribution is 8.00. The SMILES string of the molecule is CCOC(=O)[C@H]1CS[C@@H](CC(=O)Nc2cccc(C(F)(F)F)c2)C(=O)N1. The summed E-state index contributed by atoms with van der Waals surface area (Å²) in [4.78, 5) is 35.7. The van der Waals surface area contributed by atoms with Crippen LogP contribution in [-0.4, -0.2) is 41.4 Å². The molecule has 1 aromatic rings. The van der Waals surface area contributed by atoms with Crippen LogP contribution in [0.3, 0.4) is 0 Å². The minimum Gasteiger partial charge on any atom is -0.464 e. The second kappa shape index (κ2) is 8.43. The van der Waals surface area contributed by atoms with E-state index >= 15 is 0 Å². The summed E-state index contributed by atoms with van der Waals surface area (Å²) in [5, 5.41) is 4.11. The Morgan fingerprint density at radius 1 is 1.38 bits per heavy atom. The highest BCUT2D eigenvalue weighted by Gasteiger charge is 2.34. The van der Waals surface area contributed by atoms with E-state index in [0.717, 1.165) is 23.9 Å². The zero-order chi connectivity index (χ0) is 19.3. The number of rotatable bonds is 5. The Labute approximate surface area is 151 Å². The average Bonchev–Trinajstić information content (AvgIpc) is 2.56. The number of hydrogen-bond donors (Lipinski definition) is 2. The highest BCUT2D eigenvalue weighted by Crippen LogP contribution is 2.31. The van der Waals surface area contributed by atoms with Gasteiger partial charge < -0.3 is 15.4 Å². The van der Waals surface area contributed by atoms with E-state index < -0.39 is 40.8 Å². The number of carbonyl (C=O) groups is 3. The number of esters is 1. The number of carbonyl (C=O) groups excluding carboxylic acids is 3. The van der Waals surface area contributed by atoms with Crippen LogP contribution in [0.15, 0.2) is 24.3 Å². The number of anilines is 1. The van der Waals surface area contributed by atoms with Gasteiger partial charge in [-0.3, -0.25) is 9.59 Å². The molecule has 0 radical (unpaired) electrons. The van der Waals surface area contributed by atoms with Gasteiger partial charge in [0, 0.05) is 17.9 Å². The van der Waals surface area contributed by atoms with E-state index in [2.05, 4.69) is 10.6 Å². The van der Waals surface area contributed by atoms with E-state index in [1.807, 2.05) is 0 Å². The number of amides is 2. The van der Waals surface area contributed by atoms with Gasteiger partial charge in [-0.25, -0.2) is 4.79 Å². The third-order valence-corrected chi connectivity index (χ3v) is 4.80. The molecule has 0 saturated carbocycles. The number of benzene rings is 1. The average molecular weight is 390 g/mol. The normalized spacial score (nSPS) is 20.2. The maximum Gasteiger partial charge on any atom is 0.416 e. The summed E-state index contributed by atoms with van der Waals surface area (Å²) >= 11 is 1.13. The van der Waals surface area contributed by atoms with Crippen molar-refractivity contribution >= 4 is 35.2 Å². The molecule has 1 aliphatic heterocycles. The van der Waals surface area contributed by atoms with Gasteiger partial charge in [-0.1, -0.05) is 6.07 Å². The lowest BCUT2D eigenvalue weighted by Gasteiger charge is -2.27. The molecule has 0 aliphatic carbocycles. The summed E-state index contributed by atoms with van der Waals surface area (Å²) < 4.78 is 42.9. The summed E-state index contributed by atoms with van der Waals surface area (Å²) in [5.74, 6) is -1.36. The lowest BCUT2D eigenvalue weighted by atomic mass is 10.2. The van der Waals surface area contributed by atoms with E-state index in [4.69, 9.17) is 4.74 Å². The first-order valence-corrected chi connectivity index (χ1v) is 8.81. The Morgan fingerprint density at radius 3 is 2.73 bits per heavy atom. The molecule has 2 amide bonds. The minimum absolute atomic E-state index is 0.00422. The van der Waals surface area contributed by atoms with E-state index in [9.17, 15) is 27.6 Å². The van der Waals surface area contributed by atoms with Crippen LogP contribution in [0.5, 0.6) is 0 Å². The van der Waals surface area contributed by atoms with Gasteiger partial charge in [0.1, 0.15) is 6.04 Å². The van der Waals surface area contributed by atoms with Crippen molar-refractivity contribution < 1.29 is 32.3 Å². The summed E-state index contributed by atoms with van der Waals surface area (Å²) in [7, 11) is 0. The molecule has 0 spiro atoms. The van der Waals surface area contributed by atoms with Crippen LogP contribution in [0.4, 0.5) is 18.9 Å². The molecule has 2 rings (SSSR count). The summed E-state index contributed by atoms with van der Waals surface area (Å²) in [6.45, 7) is 1.84. The molecule has 1 fully saturated rings. The van der Waals surface area contributed by atoms with Crippen LogP contribution in [0, 0.1) is 0 Å². The van der Waals surface area contributed by atoms with E-state index in [0.29, 0.717) is 0 Å². The Bertz CT molecular complexity index is 696. The Balaban J connectivity index is 1.91. The van der Waals surface area contributed by atoms with Crippen LogP contribution >= 0.6 is 11.8 Å². The highest BCUT2D eigenvalue weighted by atomic mass is 32.2. The van der Waals surface area contributed by atoms with Gasteiger partial charge in [0.05, 0.1) is 17.4 Å². The van der Waals surface area contributed by atoms with Gasteiger partial charge in [0.2, 0.25) is 11.8 Å². The van der Waals surface area contributed by atoms with Crippen molar-refractivity contribution in [3.8, 4) is 0 Å². The fourth-order valence-corrected chi connectivity index (χ4v) is 3.40. The van der Waals surface area contributed by atoms with Crippen molar-refractivity contribution in [2.75, 3.05) is 17.7 Å². The molecular formula is C16H17F3N2O4S. The molecule has 1 saturated heterocycles. The third kappa shape index (κ3) is 5.38. The van der Waals surface area contributed by atoms with Crippen LogP contribution in [0.25, 0.3) is 0 Å². The topological polar surface area (TPSA) is 84.5 Å². The first kappa shape index (κ1) is 20.1. The molecule has 0 bridgehead atoms. The van der Waals surface area contributed by atoms with Crippen LogP contribution in [0.1, 0.15) is 18.9 Å². The zero-order valence-corrected chi connectivity index (χ0v) is 14.6. The molecule has 10 heteroatoms. The van der Waals surface area contributed by atoms with Crippen molar-refractivity contribution in [3.05, 3.63) is 29.8 Å². The van der Waals surface area contributed by atoms with Crippen LogP contribution in [-0.2, 0) is 25.3 Å². The lowest BCUT2D eigenvalue weighted by Crippen LogP contribution is -2.51. The molecular weight excluding hydrogens is 373 g/mol. The van der Waals surface area contributed by atoms with E-state index in [-0.39, 0.29) is 24.5 Å². The largest absolute Gasteiger partial charge is 0.464 e. The third-order valence-electron chi connectivity index (χ3n) is 3.49. The monoisotopic (exact) mass is 390 g/mol. The van der Waals surface area contributed by atoms with E-state index in [1.54, 1.807) is 6.92 Å². The fourth-order valence-electron chi connectivity index (χ4n) is 2.27. The molecule has 0 aromatic heterocycles. The Kier molecular flexibility index (Phi) is 6.52. The lowest BCUT2D eigenvalue weighted by molar-refractivity contribution is -0.146. The zero-order valence-electron chi connectivity index (χ0n) is 13.8. The number of ether oxygens (including phenoxy) is 1. The first-order valence-electron chi connectivity index (χ1n) is 7.76. The quantitative estimate of drug-likeness (QED) is 0.753. The van der Waals surface area contributed by atoms with Gasteiger partial charge in [0.15, 0.2) is 0 Å². The number of thioether (sulfide) groups is 1. The fraction of sp³-hybridized carbons (Fsp3) is 0.438. The van der Waals surface area contributed by atoms with Crippen molar-refractivity contribution in [2.24, 2.45) is 0 Å². The molecule has 1 aromatic carbocycles. The molecule has 2 N–H and O–H groups in total. The Hall–Kier alpha value is -2.23. The molecule has 1 heterocycles. The second-order valence-electron chi connectivity index (χ2n) is 5.47. The molecule has 6 nitrogen and oxygen atoms in total. The maximum absolute atomic E-state index is 12.7. The van der Waals surface area contributed by atoms with Gasteiger partial charge in [-0.15, -0.1) is 11.8 Å². The van der Waals surface area contributed by atoms with Crippen LogP contribution < -0.4 is 10.6 Å². The van der Waals surface area contributed by atoms with Crippen molar-refractivity contribution in [1.82, 2.24) is 5.32 Å². The maximum atomic E-state index is 12.7. The van der Waals surface area contributed by atoms with Gasteiger partial charge >= 0.3 is 12.1 Å². The van der Waals surface area contributed by atoms with Crippen molar-refractivity contribution in [3.63, 3.8) is 0 Å². The van der Waals surface area contributed by atoms with Crippen LogP contribution in [0.2, 0.25) is 0 Å². The van der Waals surface area contributed by atoms with Gasteiger partial charge in [0.25, 0.3) is 0 Å². The minimum atomic E-state index is -4.51. The smallest absolute Gasteiger partial charge is 0.416 e. The number of alkyl halides is 3. The molecule has 0 unspecified atom stereocenters. The summed E-state index contributed by atoms with van der Waals surface area (Å²) in [5.41, 5.74) is -0.882. The number of hydrogen-bond acceptors (Lipinski definition) is 5. The summed E-state index contributed by atoms with van der Waals surface area (Å²) in [6, 6.07) is 3.47. The first-order chi connectivity index (χ1) is 12.2. The molecule has 26 heavy (non-hydrogen) atoms. The molecule has 142 valence electrons. The predicted octanol–water partition coefficient (Wildman–Crippen LogP) is 2.20. The predicted molar refractivity (Wildman–Crippen MR) is 89.5 cm³/mol. The second-order valence-corrected chi connectivity index (χ2v) is 6.70. The molecule has 2 atom stereocenters. The number of nitrogens with one attached hydrogen (secondary N) is 2. The summed E-state index contributed by atoms with van der Waals surface area (Å²) in [6.07, 6.45) is -4.73. The van der Waals surface area contributed by atoms with Crippen molar-refractivity contribution in [1.29, 1.82) is 0 Å².